The number of hydrogen-bond donors (Lipinski definition) is 6. The van der Waals surface area contributed by atoms with Gasteiger partial charge in [-0.1, -0.05) is 0 Å². The summed E-state index contributed by atoms with van der Waals surface area (Å²) in [4.78, 5) is 43.5. The van der Waals surface area contributed by atoms with Crippen LogP contribution in [0.25, 0.3) is 0 Å². The number of carbonyl (C=O) groups excluding carboxylic acids is 3. The van der Waals surface area contributed by atoms with Crippen LogP contribution in [0.2, 0.25) is 0 Å². The molecule has 0 spiro atoms. The molecule has 1 aromatic rings. The lowest BCUT2D eigenvalue weighted by molar-refractivity contribution is -0.148. The third-order valence-electron chi connectivity index (χ3n) is 11.9. The second kappa shape index (κ2) is 10.0. The SMILES string of the molecule is CN(C)c1c(CNC23CC4CC(CC(C4)C2)C3)cc(O)c2c1C[C@H]1C[C@H]3[C@H](N(C)C)C(O)=C(C(N)=O)C(=O)[C@@]3(O)C(O)=C1C2=O. The first kappa shape index (κ1) is 30.3. The molecule has 11 heteroatoms. The van der Waals surface area contributed by atoms with Crippen LogP contribution in [0.1, 0.15) is 66.4 Å². The van der Waals surface area contributed by atoms with Gasteiger partial charge in [-0.15, -0.1) is 0 Å². The molecule has 0 aromatic heterocycles. The minimum Gasteiger partial charge on any atom is -0.510 e. The molecular formula is C34H44N4O7. The van der Waals surface area contributed by atoms with Crippen LogP contribution in [0.4, 0.5) is 5.69 Å². The van der Waals surface area contributed by atoms with E-state index < -0.39 is 58.0 Å². The molecule has 0 saturated heterocycles. The highest BCUT2D eigenvalue weighted by atomic mass is 16.3. The van der Waals surface area contributed by atoms with E-state index in [1.165, 1.54) is 38.5 Å². The number of carbonyl (C=O) groups is 3. The number of hydrogen-bond acceptors (Lipinski definition) is 10. The first-order chi connectivity index (χ1) is 21.2. The van der Waals surface area contributed by atoms with E-state index in [0.29, 0.717) is 12.1 Å². The zero-order chi connectivity index (χ0) is 32.3. The van der Waals surface area contributed by atoms with Crippen molar-refractivity contribution < 1.29 is 34.8 Å². The van der Waals surface area contributed by atoms with Crippen LogP contribution in [0.15, 0.2) is 28.7 Å². The fourth-order valence-electron chi connectivity index (χ4n) is 10.7. The maximum Gasteiger partial charge on any atom is 0.255 e. The summed E-state index contributed by atoms with van der Waals surface area (Å²) in [6, 6.07) is 0.602. The zero-order valence-electron chi connectivity index (χ0n) is 26.4. The van der Waals surface area contributed by atoms with Crippen LogP contribution < -0.4 is 16.0 Å². The van der Waals surface area contributed by atoms with E-state index in [0.717, 1.165) is 29.0 Å². The van der Waals surface area contributed by atoms with Crippen molar-refractivity contribution in [3.05, 3.63) is 45.4 Å². The van der Waals surface area contributed by atoms with Crippen LogP contribution in [0, 0.1) is 29.6 Å². The highest BCUT2D eigenvalue weighted by Crippen LogP contribution is 2.56. The Morgan fingerprint density at radius 1 is 1.00 bits per heavy atom. The second-order valence-electron chi connectivity index (χ2n) is 15.2. The van der Waals surface area contributed by atoms with Gasteiger partial charge >= 0.3 is 0 Å². The van der Waals surface area contributed by atoms with Gasteiger partial charge in [-0.25, -0.2) is 0 Å². The molecule has 7 aliphatic carbocycles. The Morgan fingerprint density at radius 3 is 2.13 bits per heavy atom. The van der Waals surface area contributed by atoms with Gasteiger partial charge in [0, 0.05) is 43.4 Å². The number of aromatic hydroxyl groups is 1. The molecule has 4 bridgehead atoms. The number of Topliss-reactive ketones (excluding diaryl/α,β-unsaturated/α-hetero) is 2. The maximum absolute atomic E-state index is 14.2. The largest absolute Gasteiger partial charge is 0.510 e. The Bertz CT molecular complexity index is 1560. The average Bonchev–Trinajstić information content (AvgIpc) is 2.92. The van der Waals surface area contributed by atoms with Crippen molar-refractivity contribution >= 4 is 23.2 Å². The third-order valence-corrected chi connectivity index (χ3v) is 11.9. The van der Waals surface area contributed by atoms with E-state index in [1.807, 2.05) is 19.0 Å². The van der Waals surface area contributed by atoms with Crippen LogP contribution >= 0.6 is 0 Å². The number of anilines is 1. The van der Waals surface area contributed by atoms with Crippen LogP contribution in [0.3, 0.4) is 0 Å². The summed E-state index contributed by atoms with van der Waals surface area (Å²) < 4.78 is 0. The Labute approximate surface area is 262 Å². The van der Waals surface area contributed by atoms with Gasteiger partial charge in [-0.3, -0.25) is 19.3 Å². The summed E-state index contributed by atoms with van der Waals surface area (Å²) in [5.41, 5.74) is 4.34. The molecule has 4 saturated carbocycles. The number of likely N-dealkylation sites (N-methyl/N-ethyl adjacent to an activating group) is 1. The molecule has 45 heavy (non-hydrogen) atoms. The second-order valence-corrected chi connectivity index (χ2v) is 15.2. The van der Waals surface area contributed by atoms with Crippen molar-refractivity contribution in [3.8, 4) is 5.75 Å². The van der Waals surface area contributed by atoms with Crippen molar-refractivity contribution in [1.29, 1.82) is 0 Å². The van der Waals surface area contributed by atoms with Gasteiger partial charge in [-0.05, 0) is 106 Å². The number of fused-ring (bicyclic) bond motifs is 3. The van der Waals surface area contributed by atoms with Crippen LogP contribution in [-0.4, -0.2) is 88.2 Å². The number of phenolic OH excluding ortho intramolecular Hbond substituents is 1. The molecule has 0 radical (unpaired) electrons. The van der Waals surface area contributed by atoms with Crippen molar-refractivity contribution in [3.63, 3.8) is 0 Å². The normalized spacial score (nSPS) is 36.8. The first-order valence-corrected chi connectivity index (χ1v) is 16.1. The predicted molar refractivity (Wildman–Crippen MR) is 166 cm³/mol. The fraction of sp³-hybridized carbons (Fsp3) is 0.618. The van der Waals surface area contributed by atoms with E-state index in [4.69, 9.17) is 5.73 Å². The van der Waals surface area contributed by atoms with Crippen molar-refractivity contribution in [2.45, 2.75) is 75.1 Å². The molecule has 7 aliphatic rings. The number of primary amides is 1. The van der Waals surface area contributed by atoms with Crippen molar-refractivity contribution in [1.82, 2.24) is 10.2 Å². The Morgan fingerprint density at radius 2 is 1.60 bits per heavy atom. The van der Waals surface area contributed by atoms with Gasteiger partial charge < -0.3 is 36.4 Å². The fourth-order valence-corrected chi connectivity index (χ4v) is 10.7. The van der Waals surface area contributed by atoms with E-state index in [2.05, 4.69) is 5.32 Å². The molecule has 0 aliphatic heterocycles. The summed E-state index contributed by atoms with van der Waals surface area (Å²) in [6.45, 7) is 0.543. The smallest absolute Gasteiger partial charge is 0.255 e. The number of aliphatic hydroxyl groups excluding tert-OH is 2. The Balaban J connectivity index is 1.29. The molecule has 11 nitrogen and oxygen atoms in total. The predicted octanol–water partition coefficient (Wildman–Crippen LogP) is 2.25. The van der Waals surface area contributed by atoms with Crippen molar-refractivity contribution in [2.24, 2.45) is 35.3 Å². The van der Waals surface area contributed by atoms with E-state index in [1.54, 1.807) is 25.1 Å². The quantitative estimate of drug-likeness (QED) is 0.259. The van der Waals surface area contributed by atoms with E-state index >= 15 is 0 Å². The number of phenols is 1. The standard InChI is InChI=1S/C34H44N4O7/c1-37(2)26-19(14-36-33-11-15-5-16(12-33)7-17(6-15)13-33)10-22(39)24-20(26)8-18-9-21-27(38(3)4)29(41)25(32(35)44)31(43)34(21,45)30(42)23(18)28(24)40/h10,15-18,21,27,36,39,41-42,45H,5-9,11-14H2,1-4H3,(H2,35,44)/t15?,16?,17?,18-,21-,27-,33?,34-/m0/s1. The number of ketones is 2. The lowest BCUT2D eigenvalue weighted by Gasteiger charge is -2.57. The minimum absolute atomic E-state index is 0.0398. The molecule has 242 valence electrons. The van der Waals surface area contributed by atoms with E-state index in [-0.39, 0.29) is 35.3 Å². The number of nitrogens with two attached hydrogens (primary N) is 1. The molecule has 0 unspecified atom stereocenters. The van der Waals surface area contributed by atoms with Gasteiger partial charge in [0.15, 0.2) is 11.4 Å². The number of allylic oxidation sites excluding steroid dienone is 1. The van der Waals surface area contributed by atoms with Crippen LogP contribution in [0.5, 0.6) is 5.75 Å². The summed E-state index contributed by atoms with van der Waals surface area (Å²) in [5.74, 6) is -4.10. The average molecular weight is 621 g/mol. The topological polar surface area (TPSA) is 177 Å². The summed E-state index contributed by atoms with van der Waals surface area (Å²) in [6.07, 6.45) is 7.87. The highest BCUT2D eigenvalue weighted by Gasteiger charge is 2.63. The number of nitrogens with zero attached hydrogens (tertiary/aromatic N) is 2. The molecular weight excluding hydrogens is 576 g/mol. The highest BCUT2D eigenvalue weighted by molar-refractivity contribution is 6.24. The minimum atomic E-state index is -2.65. The van der Waals surface area contributed by atoms with Gasteiger partial charge in [-0.2, -0.15) is 0 Å². The van der Waals surface area contributed by atoms with Gasteiger partial charge in [0.2, 0.25) is 5.78 Å². The first-order valence-electron chi connectivity index (χ1n) is 16.1. The van der Waals surface area contributed by atoms with Gasteiger partial charge in [0.05, 0.1) is 11.6 Å². The number of aliphatic hydroxyl groups is 3. The lowest BCUT2D eigenvalue weighted by atomic mass is 9.53. The number of rotatable bonds is 6. The monoisotopic (exact) mass is 620 g/mol. The van der Waals surface area contributed by atoms with Gasteiger partial charge in [0.25, 0.3) is 5.91 Å². The molecule has 7 N–H and O–H groups in total. The van der Waals surface area contributed by atoms with Gasteiger partial charge in [0.1, 0.15) is 22.8 Å². The maximum atomic E-state index is 14.2. The number of nitrogens with one attached hydrogen (secondary N) is 1. The number of benzene rings is 1. The molecule has 1 amide bonds. The Kier molecular flexibility index (Phi) is 6.75. The molecule has 4 atom stereocenters. The zero-order valence-corrected chi connectivity index (χ0v) is 26.4. The molecule has 8 rings (SSSR count). The summed E-state index contributed by atoms with van der Waals surface area (Å²) in [7, 11) is 7.06. The van der Waals surface area contributed by atoms with Crippen LogP contribution in [-0.2, 0) is 22.6 Å². The summed E-state index contributed by atoms with van der Waals surface area (Å²) >= 11 is 0. The van der Waals surface area contributed by atoms with Crippen molar-refractivity contribution in [2.75, 3.05) is 33.1 Å². The number of amides is 1. The third kappa shape index (κ3) is 4.23. The van der Waals surface area contributed by atoms with E-state index in [9.17, 15) is 34.8 Å². The molecule has 4 fully saturated rings. The molecule has 0 heterocycles. The summed E-state index contributed by atoms with van der Waals surface area (Å²) in [5, 5.41) is 49.7. The molecule has 1 aromatic carbocycles. The Hall–Kier alpha value is -3.41. The lowest BCUT2D eigenvalue weighted by Crippen LogP contribution is -2.63.